The van der Waals surface area contributed by atoms with Gasteiger partial charge in [0.1, 0.15) is 11.2 Å². The van der Waals surface area contributed by atoms with Crippen LogP contribution >= 0.6 is 11.3 Å². The van der Waals surface area contributed by atoms with Gasteiger partial charge in [-0.05, 0) is 41.7 Å². The molecule has 0 saturated heterocycles. The Morgan fingerprint density at radius 1 is 1.37 bits per heavy atom. The van der Waals surface area contributed by atoms with E-state index in [4.69, 9.17) is 0 Å². The molecular weight excluding hydrogens is 362 g/mol. The largest absolute Gasteiger partial charge is 0.298 e. The molecule has 0 aliphatic heterocycles. The van der Waals surface area contributed by atoms with Crippen molar-refractivity contribution in [1.82, 2.24) is 19.6 Å². The smallest absolute Gasteiger partial charge is 0.254 e. The van der Waals surface area contributed by atoms with Crippen molar-refractivity contribution in [2.24, 2.45) is 16.7 Å². The van der Waals surface area contributed by atoms with Crippen LogP contribution in [0.5, 0.6) is 0 Å². The summed E-state index contributed by atoms with van der Waals surface area (Å²) in [5.41, 5.74) is -0.452. The van der Waals surface area contributed by atoms with E-state index in [-0.39, 0.29) is 29.0 Å². The van der Waals surface area contributed by atoms with Crippen LogP contribution in [-0.4, -0.2) is 31.3 Å². The zero-order chi connectivity index (χ0) is 18.8. The Kier molecular flexibility index (Phi) is 3.34. The Bertz CT molecular complexity index is 1070. The highest BCUT2D eigenvalue weighted by Gasteiger charge is 2.68. The van der Waals surface area contributed by atoms with Gasteiger partial charge in [-0.3, -0.25) is 14.9 Å². The Labute approximate surface area is 159 Å². The third-order valence-corrected chi connectivity index (χ3v) is 7.42. The molecule has 2 aliphatic carbocycles. The SMILES string of the molecule is CC1(C)C2CCC1(C(=O)Nc1nc3nccc(-c4cccs4)n3n1)C(=O)C2. The number of amides is 1. The molecule has 0 spiro atoms. The van der Waals surface area contributed by atoms with Crippen LogP contribution in [0.4, 0.5) is 5.95 Å². The summed E-state index contributed by atoms with van der Waals surface area (Å²) in [6, 6.07) is 5.83. The number of fused-ring (bicyclic) bond motifs is 3. The van der Waals surface area contributed by atoms with Gasteiger partial charge in [-0.15, -0.1) is 16.4 Å². The highest BCUT2D eigenvalue weighted by atomic mass is 32.1. The second kappa shape index (κ2) is 5.45. The molecule has 2 saturated carbocycles. The normalized spacial score (nSPS) is 26.0. The molecule has 2 unspecified atom stereocenters. The second-order valence-electron chi connectivity index (χ2n) is 7.90. The lowest BCUT2D eigenvalue weighted by Gasteiger charge is -2.34. The molecule has 138 valence electrons. The van der Waals surface area contributed by atoms with E-state index in [1.807, 2.05) is 37.4 Å². The van der Waals surface area contributed by atoms with Crippen molar-refractivity contribution in [1.29, 1.82) is 0 Å². The summed E-state index contributed by atoms with van der Waals surface area (Å²) in [6.07, 6.45) is 3.67. The molecule has 0 aromatic carbocycles. The first-order chi connectivity index (χ1) is 12.9. The van der Waals surface area contributed by atoms with Crippen LogP contribution in [0, 0.1) is 16.7 Å². The fourth-order valence-electron chi connectivity index (χ4n) is 4.88. The predicted octanol–water partition coefficient (Wildman–Crippen LogP) is 3.19. The summed E-state index contributed by atoms with van der Waals surface area (Å²) in [5.74, 6) is 0.630. The first-order valence-corrected chi connectivity index (χ1v) is 9.92. The van der Waals surface area contributed by atoms with Crippen LogP contribution in [0.25, 0.3) is 16.3 Å². The standard InChI is InChI=1S/C19H19N5O2S/c1-18(2)11-5-7-19(18,14(25)10-11)15(26)21-16-22-17-20-8-6-12(24(17)23-16)13-4-3-9-27-13/h3-4,6,8-9,11H,5,7,10H2,1-2H3,(H,21,23,26). The molecule has 27 heavy (non-hydrogen) atoms. The number of ketones is 1. The van der Waals surface area contributed by atoms with Gasteiger partial charge < -0.3 is 0 Å². The Balaban J connectivity index is 1.52. The lowest BCUT2D eigenvalue weighted by atomic mass is 9.68. The zero-order valence-electron chi connectivity index (χ0n) is 15.1. The molecule has 2 aliphatic rings. The van der Waals surface area contributed by atoms with Crippen molar-refractivity contribution < 1.29 is 9.59 Å². The van der Waals surface area contributed by atoms with Gasteiger partial charge in [0.2, 0.25) is 5.91 Å². The average Bonchev–Trinajstić information content (AvgIpc) is 3.37. The van der Waals surface area contributed by atoms with E-state index in [0.717, 1.165) is 17.0 Å². The summed E-state index contributed by atoms with van der Waals surface area (Å²) in [5, 5.41) is 9.24. The van der Waals surface area contributed by atoms with Crippen LogP contribution in [0.15, 0.2) is 29.8 Å². The van der Waals surface area contributed by atoms with Crippen molar-refractivity contribution in [3.8, 4) is 10.6 Å². The minimum absolute atomic E-state index is 0.0439. The predicted molar refractivity (Wildman–Crippen MR) is 101 cm³/mol. The number of thiophene rings is 1. The topological polar surface area (TPSA) is 89.2 Å². The first-order valence-electron chi connectivity index (χ1n) is 9.04. The maximum atomic E-state index is 13.2. The van der Waals surface area contributed by atoms with Crippen molar-refractivity contribution >= 4 is 34.8 Å². The summed E-state index contributed by atoms with van der Waals surface area (Å²) in [7, 11) is 0. The molecule has 2 atom stereocenters. The number of rotatable bonds is 3. The first kappa shape index (κ1) is 16.6. The van der Waals surface area contributed by atoms with E-state index in [1.165, 1.54) is 0 Å². The summed E-state index contributed by atoms with van der Waals surface area (Å²) < 4.78 is 1.62. The Morgan fingerprint density at radius 2 is 2.22 bits per heavy atom. The van der Waals surface area contributed by atoms with Crippen LogP contribution in [0.2, 0.25) is 0 Å². The molecule has 2 fully saturated rings. The lowest BCUT2D eigenvalue weighted by Crippen LogP contribution is -2.46. The molecule has 8 heteroatoms. The Morgan fingerprint density at radius 3 is 2.89 bits per heavy atom. The van der Waals surface area contributed by atoms with E-state index in [0.29, 0.717) is 18.6 Å². The van der Waals surface area contributed by atoms with Crippen molar-refractivity contribution in [2.75, 3.05) is 5.32 Å². The third kappa shape index (κ3) is 2.10. The summed E-state index contributed by atoms with van der Waals surface area (Å²) >= 11 is 1.59. The van der Waals surface area contributed by atoms with E-state index in [2.05, 4.69) is 20.4 Å². The van der Waals surface area contributed by atoms with Crippen LogP contribution in [0.1, 0.15) is 33.1 Å². The molecule has 3 aromatic heterocycles. The van der Waals surface area contributed by atoms with Gasteiger partial charge >= 0.3 is 0 Å². The van der Waals surface area contributed by atoms with Gasteiger partial charge in [0.05, 0.1) is 10.6 Å². The fraction of sp³-hybridized carbons (Fsp3) is 0.421. The number of carbonyl (C=O) groups excluding carboxylic acids is 2. The maximum Gasteiger partial charge on any atom is 0.254 e. The van der Waals surface area contributed by atoms with Gasteiger partial charge in [-0.1, -0.05) is 19.9 Å². The number of hydrogen-bond acceptors (Lipinski definition) is 6. The fourth-order valence-corrected chi connectivity index (χ4v) is 5.61. The molecular formula is C19H19N5O2S. The second-order valence-corrected chi connectivity index (χ2v) is 8.85. The van der Waals surface area contributed by atoms with Crippen molar-refractivity contribution in [3.63, 3.8) is 0 Å². The molecule has 0 radical (unpaired) electrons. The molecule has 2 bridgehead atoms. The average molecular weight is 381 g/mol. The molecule has 1 amide bonds. The number of anilines is 1. The summed E-state index contributed by atoms with van der Waals surface area (Å²) in [4.78, 5) is 35.5. The van der Waals surface area contributed by atoms with E-state index >= 15 is 0 Å². The third-order valence-electron chi connectivity index (χ3n) is 6.52. The van der Waals surface area contributed by atoms with Gasteiger partial charge in [-0.2, -0.15) is 9.50 Å². The van der Waals surface area contributed by atoms with E-state index in [9.17, 15) is 9.59 Å². The molecule has 3 heterocycles. The maximum absolute atomic E-state index is 13.2. The van der Waals surface area contributed by atoms with E-state index < -0.39 is 5.41 Å². The van der Waals surface area contributed by atoms with Crippen LogP contribution in [0.3, 0.4) is 0 Å². The molecule has 3 aromatic rings. The van der Waals surface area contributed by atoms with Crippen LogP contribution < -0.4 is 5.32 Å². The number of aromatic nitrogens is 4. The quantitative estimate of drug-likeness (QED) is 0.704. The Hall–Kier alpha value is -2.61. The number of nitrogens with one attached hydrogen (secondary N) is 1. The number of Topliss-reactive ketones (excluding diaryl/α,β-unsaturated/α-hetero) is 1. The number of hydrogen-bond donors (Lipinski definition) is 1. The minimum Gasteiger partial charge on any atom is -0.298 e. The van der Waals surface area contributed by atoms with Crippen molar-refractivity contribution in [2.45, 2.75) is 33.1 Å². The lowest BCUT2D eigenvalue weighted by molar-refractivity contribution is -0.141. The highest BCUT2D eigenvalue weighted by molar-refractivity contribution is 7.13. The monoisotopic (exact) mass is 381 g/mol. The molecule has 1 N–H and O–H groups in total. The summed E-state index contributed by atoms with van der Waals surface area (Å²) in [6.45, 7) is 4.06. The van der Waals surface area contributed by atoms with Gasteiger partial charge in [-0.25, -0.2) is 4.98 Å². The van der Waals surface area contributed by atoms with Crippen LogP contribution in [-0.2, 0) is 9.59 Å². The highest BCUT2D eigenvalue weighted by Crippen LogP contribution is 2.64. The minimum atomic E-state index is -0.973. The van der Waals surface area contributed by atoms with E-state index in [1.54, 1.807) is 22.0 Å². The van der Waals surface area contributed by atoms with Gasteiger partial charge in [0.25, 0.3) is 11.7 Å². The van der Waals surface area contributed by atoms with Crippen molar-refractivity contribution in [3.05, 3.63) is 29.8 Å². The van der Waals surface area contributed by atoms with Gasteiger partial charge in [0.15, 0.2) is 0 Å². The zero-order valence-corrected chi connectivity index (χ0v) is 15.9. The number of carbonyl (C=O) groups is 2. The number of nitrogens with zero attached hydrogens (tertiary/aromatic N) is 4. The molecule has 5 rings (SSSR count). The molecule has 7 nitrogen and oxygen atoms in total. The van der Waals surface area contributed by atoms with Gasteiger partial charge in [0, 0.05) is 12.6 Å².